The van der Waals surface area contributed by atoms with E-state index in [0.29, 0.717) is 30.8 Å². The molecule has 8 heteroatoms. The Morgan fingerprint density at radius 1 is 0.886 bits per heavy atom. The van der Waals surface area contributed by atoms with Crippen molar-refractivity contribution in [2.75, 3.05) is 17.8 Å². The number of carbonyl (C=O) groups excluding carboxylic acids is 2. The van der Waals surface area contributed by atoms with Gasteiger partial charge in [-0.2, -0.15) is 0 Å². The highest BCUT2D eigenvalue weighted by Gasteiger charge is 2.57. The maximum Gasteiger partial charge on any atom is 0.339 e. The van der Waals surface area contributed by atoms with Crippen LogP contribution in [-0.4, -0.2) is 38.3 Å². The molecule has 3 aromatic carbocycles. The van der Waals surface area contributed by atoms with Crippen molar-refractivity contribution in [1.29, 1.82) is 0 Å². The minimum atomic E-state index is -3.68. The van der Waals surface area contributed by atoms with Crippen molar-refractivity contribution in [3.63, 3.8) is 0 Å². The molecule has 3 aromatic rings. The molecule has 2 fully saturated rings. The van der Waals surface area contributed by atoms with Gasteiger partial charge >= 0.3 is 5.97 Å². The molecule has 0 radical (unpaired) electrons. The lowest BCUT2D eigenvalue weighted by atomic mass is 9.91. The van der Waals surface area contributed by atoms with Crippen LogP contribution in [0.1, 0.15) is 40.7 Å². The Bertz CT molecular complexity index is 1430. The minimum Gasteiger partial charge on any atom is -0.449 e. The predicted octanol–water partition coefficient (Wildman–Crippen LogP) is 3.82. The molecule has 1 unspecified atom stereocenters. The van der Waals surface area contributed by atoms with E-state index in [0.717, 1.165) is 24.0 Å². The average Bonchev–Trinajstić information content (AvgIpc) is 3.50. The van der Waals surface area contributed by atoms with Crippen LogP contribution in [0.4, 0.5) is 5.69 Å². The molecule has 1 atom stereocenters. The molecule has 0 aromatic heterocycles. The van der Waals surface area contributed by atoms with Crippen LogP contribution >= 0.6 is 0 Å². The number of esters is 1. The number of sulfonamides is 1. The van der Waals surface area contributed by atoms with Gasteiger partial charge in [0, 0.05) is 24.2 Å². The Kier molecular flexibility index (Phi) is 4.79. The lowest BCUT2D eigenvalue weighted by molar-refractivity contribution is -0.134. The van der Waals surface area contributed by atoms with Crippen LogP contribution in [0.25, 0.3) is 0 Å². The van der Waals surface area contributed by atoms with Gasteiger partial charge < -0.3 is 9.64 Å². The number of nitrogens with zero attached hydrogens (tertiary/aromatic N) is 1. The van der Waals surface area contributed by atoms with Crippen LogP contribution in [0.15, 0.2) is 83.8 Å². The van der Waals surface area contributed by atoms with Crippen LogP contribution in [0.5, 0.6) is 0 Å². The second-order valence-corrected chi connectivity index (χ2v) is 11.2. The number of likely N-dealkylation sites (tertiary alicyclic amines) is 1. The van der Waals surface area contributed by atoms with Gasteiger partial charge in [0.2, 0.25) is 5.91 Å². The predicted molar refractivity (Wildman–Crippen MR) is 129 cm³/mol. The van der Waals surface area contributed by atoms with E-state index in [4.69, 9.17) is 4.74 Å². The van der Waals surface area contributed by atoms with Crippen molar-refractivity contribution in [1.82, 2.24) is 4.90 Å². The second kappa shape index (κ2) is 7.68. The zero-order valence-corrected chi connectivity index (χ0v) is 19.8. The van der Waals surface area contributed by atoms with Gasteiger partial charge in [-0.05, 0) is 48.7 Å². The summed E-state index contributed by atoms with van der Waals surface area (Å²) < 4.78 is 33.6. The molecule has 1 saturated heterocycles. The number of ether oxygens (including phenoxy) is 1. The third-order valence-electron chi connectivity index (χ3n) is 7.35. The topological polar surface area (TPSA) is 92.8 Å². The molecule has 2 heterocycles. The molecule has 1 N–H and O–H groups in total. The Hall–Kier alpha value is -3.65. The molecule has 7 nitrogen and oxygen atoms in total. The van der Waals surface area contributed by atoms with Crippen molar-refractivity contribution >= 4 is 27.6 Å². The second-order valence-electron chi connectivity index (χ2n) is 9.48. The fraction of sp³-hybridized carbons (Fsp3) is 0.259. The van der Waals surface area contributed by atoms with Crippen molar-refractivity contribution in [2.45, 2.75) is 35.2 Å². The summed E-state index contributed by atoms with van der Waals surface area (Å²) in [5, 5.41) is 0. The van der Waals surface area contributed by atoms with Crippen molar-refractivity contribution in [2.24, 2.45) is 0 Å². The summed E-state index contributed by atoms with van der Waals surface area (Å²) in [6, 6.07) is 22.6. The van der Waals surface area contributed by atoms with E-state index in [2.05, 4.69) is 4.72 Å². The molecule has 1 aliphatic carbocycles. The molecule has 2 aliphatic heterocycles. The molecule has 3 aliphatic rings. The summed E-state index contributed by atoms with van der Waals surface area (Å²) >= 11 is 0. The average molecular weight is 489 g/mol. The van der Waals surface area contributed by atoms with Crippen LogP contribution in [0.2, 0.25) is 0 Å². The van der Waals surface area contributed by atoms with Crippen molar-refractivity contribution < 1.29 is 22.7 Å². The van der Waals surface area contributed by atoms with Gasteiger partial charge in [-0.3, -0.25) is 9.52 Å². The van der Waals surface area contributed by atoms with Gasteiger partial charge in [-0.25, -0.2) is 13.2 Å². The highest BCUT2D eigenvalue weighted by atomic mass is 32.2. The number of hydrogen-bond donors (Lipinski definition) is 1. The normalized spacial score (nSPS) is 22.1. The number of anilines is 1. The zero-order chi connectivity index (χ0) is 24.3. The number of benzene rings is 3. The highest BCUT2D eigenvalue weighted by molar-refractivity contribution is 7.92. The largest absolute Gasteiger partial charge is 0.449 e. The molecule has 0 bridgehead atoms. The standard InChI is InChI=1S/C27H24N2O5S/c30-24-22-8-4-5-9-23(22)27(34-24)16-17-29(18-27)25(31)26(14-15-26)19-10-12-20(13-11-19)28-35(32,33)21-6-2-1-3-7-21/h1-13,28H,14-18H2. The summed E-state index contributed by atoms with van der Waals surface area (Å²) in [6.45, 7) is 0.877. The lowest BCUT2D eigenvalue weighted by Gasteiger charge is -2.27. The molecular formula is C27H24N2O5S. The monoisotopic (exact) mass is 488 g/mol. The molecule has 6 rings (SSSR count). The number of amides is 1. The minimum absolute atomic E-state index is 0.0346. The van der Waals surface area contributed by atoms with E-state index in [-0.39, 0.29) is 16.8 Å². The number of rotatable bonds is 5. The maximum absolute atomic E-state index is 13.6. The smallest absolute Gasteiger partial charge is 0.339 e. The van der Waals surface area contributed by atoms with Gasteiger partial charge in [-0.1, -0.05) is 48.5 Å². The van der Waals surface area contributed by atoms with E-state index in [1.165, 1.54) is 12.1 Å². The molecule has 1 amide bonds. The number of nitrogens with one attached hydrogen (secondary N) is 1. The fourth-order valence-corrected chi connectivity index (χ4v) is 6.41. The summed E-state index contributed by atoms with van der Waals surface area (Å²) in [7, 11) is -3.68. The number of hydrogen-bond acceptors (Lipinski definition) is 5. The van der Waals surface area contributed by atoms with Gasteiger partial charge in [0.05, 0.1) is 22.4 Å². The van der Waals surface area contributed by atoms with E-state index in [9.17, 15) is 18.0 Å². The van der Waals surface area contributed by atoms with E-state index in [1.54, 1.807) is 36.4 Å². The highest BCUT2D eigenvalue weighted by Crippen LogP contribution is 2.52. The van der Waals surface area contributed by atoms with Crippen LogP contribution < -0.4 is 4.72 Å². The van der Waals surface area contributed by atoms with Crippen molar-refractivity contribution in [3.8, 4) is 0 Å². The molecular weight excluding hydrogens is 464 g/mol. The van der Waals surface area contributed by atoms with E-state index in [1.807, 2.05) is 35.2 Å². The van der Waals surface area contributed by atoms with Crippen LogP contribution in [0.3, 0.4) is 0 Å². The molecule has 1 spiro atoms. The summed E-state index contributed by atoms with van der Waals surface area (Å²) in [5.41, 5.74) is 1.38. The quantitative estimate of drug-likeness (QED) is 0.552. The molecule has 1 saturated carbocycles. The Morgan fingerprint density at radius 3 is 2.29 bits per heavy atom. The maximum atomic E-state index is 13.6. The van der Waals surface area contributed by atoms with E-state index < -0.39 is 21.0 Å². The van der Waals surface area contributed by atoms with Crippen LogP contribution in [-0.2, 0) is 30.6 Å². The number of carbonyl (C=O) groups is 2. The fourth-order valence-electron chi connectivity index (χ4n) is 5.33. The first kappa shape index (κ1) is 21.9. The van der Waals surface area contributed by atoms with Crippen molar-refractivity contribution in [3.05, 3.63) is 95.6 Å². The Labute approximate surface area is 203 Å². The van der Waals surface area contributed by atoms with Gasteiger partial charge in [0.1, 0.15) is 0 Å². The van der Waals surface area contributed by atoms with Gasteiger partial charge in [0.25, 0.3) is 10.0 Å². The first-order chi connectivity index (χ1) is 16.8. The first-order valence-electron chi connectivity index (χ1n) is 11.6. The van der Waals surface area contributed by atoms with Gasteiger partial charge in [0.15, 0.2) is 5.60 Å². The summed E-state index contributed by atoms with van der Waals surface area (Å²) in [5.74, 6) is -0.294. The Morgan fingerprint density at radius 2 is 1.57 bits per heavy atom. The lowest BCUT2D eigenvalue weighted by Crippen LogP contribution is -2.40. The molecule has 35 heavy (non-hydrogen) atoms. The summed E-state index contributed by atoms with van der Waals surface area (Å²) in [6.07, 6.45) is 2.05. The first-order valence-corrected chi connectivity index (χ1v) is 13.1. The van der Waals surface area contributed by atoms with E-state index >= 15 is 0 Å². The number of fused-ring (bicyclic) bond motifs is 2. The summed E-state index contributed by atoms with van der Waals surface area (Å²) in [4.78, 5) is 28.0. The SMILES string of the molecule is O=C1OC2(CCN(C(=O)C3(c4ccc(NS(=O)(=O)c5ccccc5)cc4)CC3)C2)c2ccccc21. The van der Waals surface area contributed by atoms with Gasteiger partial charge in [-0.15, -0.1) is 0 Å². The third kappa shape index (κ3) is 3.51. The Balaban J connectivity index is 1.19. The third-order valence-corrected chi connectivity index (χ3v) is 8.74. The molecule has 178 valence electrons. The zero-order valence-electron chi connectivity index (χ0n) is 18.9. The van der Waals surface area contributed by atoms with Crippen LogP contribution in [0, 0.1) is 0 Å².